The van der Waals surface area contributed by atoms with E-state index in [1.54, 1.807) is 0 Å². The molecule has 1 aliphatic carbocycles. The molecule has 14 heavy (non-hydrogen) atoms. The van der Waals surface area contributed by atoms with Gasteiger partial charge in [0.2, 0.25) is 0 Å². The number of nitrogens with zero attached hydrogens (tertiary/aromatic N) is 1. The molecule has 1 aromatic rings. The molecule has 1 aliphatic rings. The average molecular weight is 183 g/mol. The van der Waals surface area contributed by atoms with Gasteiger partial charge in [0, 0.05) is 5.57 Å². The van der Waals surface area contributed by atoms with Crippen LogP contribution in [0.5, 0.6) is 0 Å². The van der Waals surface area contributed by atoms with E-state index in [0.29, 0.717) is 5.92 Å². The van der Waals surface area contributed by atoms with Gasteiger partial charge in [-0.1, -0.05) is 36.4 Å². The van der Waals surface area contributed by atoms with Crippen LogP contribution in [0, 0.1) is 11.3 Å². The van der Waals surface area contributed by atoms with Crippen molar-refractivity contribution >= 4 is 0 Å². The highest BCUT2D eigenvalue weighted by molar-refractivity contribution is 5.28. The molecule has 0 spiro atoms. The van der Waals surface area contributed by atoms with E-state index in [0.717, 1.165) is 24.8 Å². The summed E-state index contributed by atoms with van der Waals surface area (Å²) in [5, 5.41) is 8.73. The number of benzene rings is 1. The van der Waals surface area contributed by atoms with Crippen LogP contribution in [0.2, 0.25) is 0 Å². The van der Waals surface area contributed by atoms with Gasteiger partial charge < -0.3 is 0 Å². The minimum Gasteiger partial charge on any atom is -0.193 e. The fraction of sp³-hybridized carbons (Fsp3) is 0.308. The fourth-order valence-corrected chi connectivity index (χ4v) is 1.96. The van der Waals surface area contributed by atoms with Crippen LogP contribution in [0.4, 0.5) is 0 Å². The number of allylic oxidation sites excluding steroid dienone is 2. The Morgan fingerprint density at radius 2 is 2.00 bits per heavy atom. The van der Waals surface area contributed by atoms with Gasteiger partial charge in [-0.3, -0.25) is 0 Å². The molecule has 1 heteroatoms. The van der Waals surface area contributed by atoms with E-state index >= 15 is 0 Å². The Balaban J connectivity index is 2.11. The van der Waals surface area contributed by atoms with E-state index in [4.69, 9.17) is 5.26 Å². The van der Waals surface area contributed by atoms with E-state index < -0.39 is 0 Å². The zero-order valence-corrected chi connectivity index (χ0v) is 8.11. The lowest BCUT2D eigenvalue weighted by atomic mass is 9.85. The Labute approximate surface area is 84.7 Å². The van der Waals surface area contributed by atoms with E-state index in [-0.39, 0.29) is 0 Å². The molecule has 0 unspecified atom stereocenters. The summed E-state index contributed by atoms with van der Waals surface area (Å²) in [6, 6.07) is 12.8. The summed E-state index contributed by atoms with van der Waals surface area (Å²) >= 11 is 0. The van der Waals surface area contributed by atoms with E-state index in [1.165, 1.54) is 5.56 Å². The topological polar surface area (TPSA) is 23.8 Å². The molecule has 0 saturated heterocycles. The van der Waals surface area contributed by atoms with Gasteiger partial charge in [-0.2, -0.15) is 5.26 Å². The van der Waals surface area contributed by atoms with Crippen molar-refractivity contribution in [3.05, 3.63) is 47.5 Å². The second-order valence-electron chi connectivity index (χ2n) is 3.72. The quantitative estimate of drug-likeness (QED) is 0.654. The first-order chi connectivity index (χ1) is 6.90. The first kappa shape index (κ1) is 9.02. The smallest absolute Gasteiger partial charge is 0.0943 e. The Morgan fingerprint density at radius 3 is 2.57 bits per heavy atom. The molecule has 0 radical (unpaired) electrons. The molecular weight excluding hydrogens is 170 g/mol. The van der Waals surface area contributed by atoms with E-state index in [2.05, 4.69) is 36.4 Å². The molecule has 0 fully saturated rings. The molecule has 70 valence electrons. The second kappa shape index (κ2) is 4.11. The standard InChI is InChI=1S/C13H13N/c14-10-11-6-8-13(9-7-11)12-4-2-1-3-5-12/h1-6,13H,7-9H2/t13-/m0/s1. The lowest BCUT2D eigenvalue weighted by Crippen LogP contribution is -2.03. The van der Waals surface area contributed by atoms with Gasteiger partial charge >= 0.3 is 0 Å². The predicted octanol–water partition coefficient (Wildman–Crippen LogP) is 3.40. The van der Waals surface area contributed by atoms with Gasteiger partial charge in [-0.05, 0) is 30.7 Å². The van der Waals surface area contributed by atoms with Gasteiger partial charge in [0.1, 0.15) is 0 Å². The van der Waals surface area contributed by atoms with Gasteiger partial charge in [-0.25, -0.2) is 0 Å². The van der Waals surface area contributed by atoms with Gasteiger partial charge in [0.05, 0.1) is 6.07 Å². The summed E-state index contributed by atoms with van der Waals surface area (Å²) in [6.07, 6.45) is 5.16. The van der Waals surface area contributed by atoms with Crippen LogP contribution < -0.4 is 0 Å². The molecular formula is C13H13N. The summed E-state index contributed by atoms with van der Waals surface area (Å²) < 4.78 is 0. The molecule has 0 aromatic heterocycles. The third kappa shape index (κ3) is 1.85. The van der Waals surface area contributed by atoms with Crippen molar-refractivity contribution in [1.29, 1.82) is 5.26 Å². The average Bonchev–Trinajstić information content (AvgIpc) is 2.30. The fourth-order valence-electron chi connectivity index (χ4n) is 1.96. The first-order valence-corrected chi connectivity index (χ1v) is 5.04. The van der Waals surface area contributed by atoms with Crippen LogP contribution in [0.25, 0.3) is 0 Å². The van der Waals surface area contributed by atoms with Gasteiger partial charge in [0.15, 0.2) is 0 Å². The lowest BCUT2D eigenvalue weighted by Gasteiger charge is -2.19. The number of rotatable bonds is 1. The third-order valence-corrected chi connectivity index (χ3v) is 2.83. The summed E-state index contributed by atoms with van der Waals surface area (Å²) in [7, 11) is 0. The van der Waals surface area contributed by atoms with E-state index in [9.17, 15) is 0 Å². The predicted molar refractivity (Wildman–Crippen MR) is 56.7 cm³/mol. The van der Waals surface area contributed by atoms with Crippen molar-refractivity contribution in [2.45, 2.75) is 25.2 Å². The Bertz CT molecular complexity index is 370. The van der Waals surface area contributed by atoms with Gasteiger partial charge in [0.25, 0.3) is 0 Å². The Morgan fingerprint density at radius 1 is 1.21 bits per heavy atom. The first-order valence-electron chi connectivity index (χ1n) is 5.04. The highest BCUT2D eigenvalue weighted by Crippen LogP contribution is 2.31. The molecule has 0 bridgehead atoms. The SMILES string of the molecule is N#CC1=CC[C@H](c2ccccc2)CC1. The minimum absolute atomic E-state index is 0.619. The highest BCUT2D eigenvalue weighted by Gasteiger charge is 2.15. The zero-order chi connectivity index (χ0) is 9.80. The zero-order valence-electron chi connectivity index (χ0n) is 8.11. The van der Waals surface area contributed by atoms with Crippen LogP contribution in [-0.4, -0.2) is 0 Å². The minimum atomic E-state index is 0.619. The summed E-state index contributed by atoms with van der Waals surface area (Å²) in [6.45, 7) is 0. The maximum Gasteiger partial charge on any atom is 0.0943 e. The van der Waals surface area contributed by atoms with E-state index in [1.807, 2.05) is 6.07 Å². The van der Waals surface area contributed by atoms with Crippen molar-refractivity contribution < 1.29 is 0 Å². The van der Waals surface area contributed by atoms with Crippen LogP contribution in [0.1, 0.15) is 30.7 Å². The van der Waals surface area contributed by atoms with Gasteiger partial charge in [-0.15, -0.1) is 0 Å². The second-order valence-corrected chi connectivity index (χ2v) is 3.72. The van der Waals surface area contributed by atoms with Crippen molar-refractivity contribution in [3.63, 3.8) is 0 Å². The summed E-state index contributed by atoms with van der Waals surface area (Å²) in [5.41, 5.74) is 2.36. The van der Waals surface area contributed by atoms with Crippen molar-refractivity contribution in [2.75, 3.05) is 0 Å². The molecule has 0 N–H and O–H groups in total. The largest absolute Gasteiger partial charge is 0.193 e. The molecule has 1 aromatic carbocycles. The Hall–Kier alpha value is -1.55. The summed E-state index contributed by atoms with van der Waals surface area (Å²) in [4.78, 5) is 0. The maximum atomic E-state index is 8.73. The Kier molecular flexibility index (Phi) is 2.65. The van der Waals surface area contributed by atoms with Crippen molar-refractivity contribution in [1.82, 2.24) is 0 Å². The molecule has 0 heterocycles. The third-order valence-electron chi connectivity index (χ3n) is 2.83. The highest BCUT2D eigenvalue weighted by atomic mass is 14.3. The van der Waals surface area contributed by atoms with Crippen LogP contribution >= 0.6 is 0 Å². The van der Waals surface area contributed by atoms with Crippen LogP contribution in [0.3, 0.4) is 0 Å². The number of hydrogen-bond donors (Lipinski definition) is 0. The van der Waals surface area contributed by atoms with Crippen molar-refractivity contribution in [2.24, 2.45) is 0 Å². The normalized spacial score (nSPS) is 21.1. The number of hydrogen-bond acceptors (Lipinski definition) is 1. The molecule has 0 amide bonds. The molecule has 0 aliphatic heterocycles. The van der Waals surface area contributed by atoms with Crippen molar-refractivity contribution in [3.8, 4) is 6.07 Å². The molecule has 0 saturated carbocycles. The maximum absolute atomic E-state index is 8.73. The van der Waals surface area contributed by atoms with Crippen LogP contribution in [0.15, 0.2) is 42.0 Å². The lowest BCUT2D eigenvalue weighted by molar-refractivity contribution is 0.607. The summed E-state index contributed by atoms with van der Waals surface area (Å²) in [5.74, 6) is 0.619. The molecule has 1 atom stereocenters. The number of nitriles is 1. The monoisotopic (exact) mass is 183 g/mol. The van der Waals surface area contributed by atoms with Crippen LogP contribution in [-0.2, 0) is 0 Å². The molecule has 2 rings (SSSR count). The molecule has 1 nitrogen and oxygen atoms in total.